The zero-order valence-corrected chi connectivity index (χ0v) is 12.8. The molecule has 1 N–H and O–H groups in total. The maximum Gasteiger partial charge on any atom is 0.329 e. The van der Waals surface area contributed by atoms with Gasteiger partial charge in [0.05, 0.1) is 32.8 Å². The van der Waals surface area contributed by atoms with Crippen LogP contribution in [-0.2, 0) is 19.1 Å². The molecule has 0 aliphatic heterocycles. The topological polar surface area (TPSA) is 90.9 Å². The largest absolute Gasteiger partial charge is 0.496 e. The monoisotopic (exact) mass is 309 g/mol. The third kappa shape index (κ3) is 4.76. The highest BCUT2D eigenvalue weighted by molar-refractivity contribution is 5.99. The number of amides is 1. The Morgan fingerprint density at radius 3 is 2.45 bits per heavy atom. The van der Waals surface area contributed by atoms with Crippen molar-refractivity contribution in [3.05, 3.63) is 29.8 Å². The van der Waals surface area contributed by atoms with Gasteiger partial charge in [-0.15, -0.1) is 0 Å². The van der Waals surface area contributed by atoms with E-state index in [2.05, 4.69) is 10.1 Å². The van der Waals surface area contributed by atoms with E-state index in [4.69, 9.17) is 9.47 Å². The molecule has 0 aliphatic rings. The fourth-order valence-electron chi connectivity index (χ4n) is 1.75. The second-order valence-electron chi connectivity index (χ2n) is 4.26. The molecule has 0 aromatic heterocycles. The lowest BCUT2D eigenvalue weighted by atomic mass is 10.1. The lowest BCUT2D eigenvalue weighted by Crippen LogP contribution is -2.43. The van der Waals surface area contributed by atoms with E-state index in [9.17, 15) is 14.4 Å². The van der Waals surface area contributed by atoms with Crippen LogP contribution in [-0.4, -0.2) is 44.7 Å². The Bertz CT molecular complexity index is 543. The molecule has 1 unspecified atom stereocenters. The van der Waals surface area contributed by atoms with Crippen molar-refractivity contribution in [2.45, 2.75) is 19.4 Å². The minimum absolute atomic E-state index is 0.140. The van der Waals surface area contributed by atoms with Crippen LogP contribution in [0, 0.1) is 0 Å². The van der Waals surface area contributed by atoms with E-state index in [0.717, 1.165) is 0 Å². The first-order valence-electron chi connectivity index (χ1n) is 6.70. The highest BCUT2D eigenvalue weighted by Crippen LogP contribution is 2.17. The molecule has 0 heterocycles. The molecule has 0 saturated heterocycles. The van der Waals surface area contributed by atoms with Crippen LogP contribution in [0.4, 0.5) is 0 Å². The Kier molecular flexibility index (Phi) is 6.88. The predicted molar refractivity (Wildman–Crippen MR) is 77.5 cm³/mol. The predicted octanol–water partition coefficient (Wildman–Crippen LogP) is 0.920. The number of nitrogens with one attached hydrogen (secondary N) is 1. The molecule has 7 nitrogen and oxygen atoms in total. The number of ether oxygens (including phenoxy) is 3. The molecular formula is C15H19NO6. The Labute approximate surface area is 128 Å². The van der Waals surface area contributed by atoms with Gasteiger partial charge in [-0.2, -0.15) is 0 Å². The molecule has 120 valence electrons. The van der Waals surface area contributed by atoms with Gasteiger partial charge in [-0.05, 0) is 19.1 Å². The molecule has 0 fully saturated rings. The Balaban J connectivity index is 2.90. The van der Waals surface area contributed by atoms with Gasteiger partial charge in [0.2, 0.25) is 0 Å². The van der Waals surface area contributed by atoms with Crippen molar-refractivity contribution >= 4 is 17.8 Å². The van der Waals surface area contributed by atoms with Gasteiger partial charge >= 0.3 is 11.9 Å². The minimum atomic E-state index is -1.12. The maximum atomic E-state index is 12.3. The van der Waals surface area contributed by atoms with Crippen LogP contribution in [0.3, 0.4) is 0 Å². The molecule has 7 heteroatoms. The van der Waals surface area contributed by atoms with Gasteiger partial charge in [0.1, 0.15) is 11.8 Å². The van der Waals surface area contributed by atoms with E-state index in [1.165, 1.54) is 14.2 Å². The van der Waals surface area contributed by atoms with Crippen molar-refractivity contribution < 1.29 is 28.6 Å². The molecule has 1 amide bonds. The van der Waals surface area contributed by atoms with Gasteiger partial charge in [-0.1, -0.05) is 12.1 Å². The fraction of sp³-hybridized carbons (Fsp3) is 0.400. The van der Waals surface area contributed by atoms with Gasteiger partial charge in [-0.25, -0.2) is 4.79 Å². The SMILES string of the molecule is CCOC(=O)C(CC(=O)OC)NC(=O)c1ccccc1OC. The smallest absolute Gasteiger partial charge is 0.329 e. The standard InChI is InChI=1S/C15H19NO6/c1-4-22-15(19)11(9-13(17)21-3)16-14(18)10-7-5-6-8-12(10)20-2/h5-8,11H,4,9H2,1-3H3,(H,16,18). The Morgan fingerprint density at radius 2 is 1.86 bits per heavy atom. The fourth-order valence-corrected chi connectivity index (χ4v) is 1.75. The maximum absolute atomic E-state index is 12.3. The summed E-state index contributed by atoms with van der Waals surface area (Å²) in [7, 11) is 2.63. The lowest BCUT2D eigenvalue weighted by Gasteiger charge is -2.17. The molecular weight excluding hydrogens is 290 g/mol. The van der Waals surface area contributed by atoms with E-state index < -0.39 is 23.9 Å². The van der Waals surface area contributed by atoms with Gasteiger partial charge < -0.3 is 19.5 Å². The number of hydrogen-bond donors (Lipinski definition) is 1. The Hall–Kier alpha value is -2.57. The number of para-hydroxylation sites is 1. The summed E-state index contributed by atoms with van der Waals surface area (Å²) in [5, 5.41) is 2.46. The van der Waals surface area contributed by atoms with Crippen molar-refractivity contribution in [3.63, 3.8) is 0 Å². The molecule has 1 atom stereocenters. The molecule has 1 aromatic carbocycles. The summed E-state index contributed by atoms with van der Waals surface area (Å²) in [6.07, 6.45) is -0.309. The summed E-state index contributed by atoms with van der Waals surface area (Å²) in [4.78, 5) is 35.5. The van der Waals surface area contributed by atoms with E-state index in [-0.39, 0.29) is 18.6 Å². The number of hydrogen-bond acceptors (Lipinski definition) is 6. The third-order valence-electron chi connectivity index (χ3n) is 2.83. The van der Waals surface area contributed by atoms with Crippen LogP contribution in [0.15, 0.2) is 24.3 Å². The van der Waals surface area contributed by atoms with E-state index >= 15 is 0 Å². The van der Waals surface area contributed by atoms with Crippen molar-refractivity contribution in [2.75, 3.05) is 20.8 Å². The van der Waals surface area contributed by atoms with Gasteiger partial charge in [-0.3, -0.25) is 9.59 Å². The second-order valence-corrected chi connectivity index (χ2v) is 4.26. The van der Waals surface area contributed by atoms with Gasteiger partial charge in [0, 0.05) is 0 Å². The van der Waals surface area contributed by atoms with E-state index in [1.54, 1.807) is 31.2 Å². The molecule has 0 saturated carbocycles. The molecule has 1 rings (SSSR count). The van der Waals surface area contributed by atoms with Crippen molar-refractivity contribution in [2.24, 2.45) is 0 Å². The zero-order chi connectivity index (χ0) is 16.5. The average molecular weight is 309 g/mol. The van der Waals surface area contributed by atoms with Crippen molar-refractivity contribution in [1.82, 2.24) is 5.32 Å². The number of esters is 2. The third-order valence-corrected chi connectivity index (χ3v) is 2.83. The quantitative estimate of drug-likeness (QED) is 0.753. The second kappa shape index (κ2) is 8.66. The van der Waals surface area contributed by atoms with Crippen molar-refractivity contribution in [1.29, 1.82) is 0 Å². The van der Waals surface area contributed by atoms with Crippen LogP contribution in [0.5, 0.6) is 5.75 Å². The van der Waals surface area contributed by atoms with Gasteiger partial charge in [0.15, 0.2) is 0 Å². The first-order valence-corrected chi connectivity index (χ1v) is 6.70. The van der Waals surface area contributed by atoms with Crippen LogP contribution >= 0.6 is 0 Å². The highest BCUT2D eigenvalue weighted by atomic mass is 16.5. The molecule has 0 radical (unpaired) electrons. The number of benzene rings is 1. The summed E-state index contributed by atoms with van der Waals surface area (Å²) in [5.41, 5.74) is 0.254. The van der Waals surface area contributed by atoms with Crippen LogP contribution in [0.25, 0.3) is 0 Å². The van der Waals surface area contributed by atoms with Crippen LogP contribution in [0.1, 0.15) is 23.7 Å². The summed E-state index contributed by atoms with van der Waals surface area (Å²) >= 11 is 0. The zero-order valence-electron chi connectivity index (χ0n) is 12.8. The first-order chi connectivity index (χ1) is 10.5. The lowest BCUT2D eigenvalue weighted by molar-refractivity contribution is -0.150. The summed E-state index contributed by atoms with van der Waals surface area (Å²) in [5.74, 6) is -1.50. The first kappa shape index (κ1) is 17.5. The minimum Gasteiger partial charge on any atom is -0.496 e. The van der Waals surface area contributed by atoms with Crippen molar-refractivity contribution in [3.8, 4) is 5.75 Å². The molecule has 1 aromatic rings. The summed E-state index contributed by atoms with van der Waals surface area (Å²) < 4.78 is 14.5. The number of methoxy groups -OCH3 is 2. The molecule has 22 heavy (non-hydrogen) atoms. The van der Waals surface area contributed by atoms with E-state index in [0.29, 0.717) is 5.75 Å². The molecule has 0 spiro atoms. The van der Waals surface area contributed by atoms with E-state index in [1.807, 2.05) is 0 Å². The van der Waals surface area contributed by atoms with Gasteiger partial charge in [0.25, 0.3) is 5.91 Å². The summed E-state index contributed by atoms with van der Waals surface area (Å²) in [6.45, 7) is 1.77. The molecule has 0 bridgehead atoms. The number of carbonyl (C=O) groups is 3. The number of carbonyl (C=O) groups excluding carboxylic acids is 3. The van der Waals surface area contributed by atoms with Crippen LogP contribution in [0.2, 0.25) is 0 Å². The summed E-state index contributed by atoms with van der Waals surface area (Å²) in [6, 6.07) is 5.43. The highest BCUT2D eigenvalue weighted by Gasteiger charge is 2.26. The normalized spacial score (nSPS) is 11.2. The average Bonchev–Trinajstić information content (AvgIpc) is 2.53. The molecule has 0 aliphatic carbocycles. The number of rotatable bonds is 7. The Morgan fingerprint density at radius 1 is 1.18 bits per heavy atom. The van der Waals surface area contributed by atoms with Crippen LogP contribution < -0.4 is 10.1 Å².